The van der Waals surface area contributed by atoms with E-state index in [0.717, 1.165) is 83.7 Å². The number of furan rings is 1. The van der Waals surface area contributed by atoms with Crippen molar-refractivity contribution in [3.63, 3.8) is 0 Å². The van der Waals surface area contributed by atoms with Gasteiger partial charge in [-0.05, 0) is 69.3 Å². The number of hydrogen-bond donors (Lipinski definition) is 0. The Bertz CT molecular complexity index is 3270. The quantitative estimate of drug-likeness (QED) is 0.156. The number of aromatic nitrogens is 3. The van der Waals surface area contributed by atoms with Gasteiger partial charge in [0.25, 0.3) is 0 Å². The molecule has 60 heavy (non-hydrogen) atoms. The van der Waals surface area contributed by atoms with Gasteiger partial charge in [-0.25, -0.2) is 0 Å². The fraction of sp³-hybridized carbons (Fsp3) is 0.0182. The summed E-state index contributed by atoms with van der Waals surface area (Å²) >= 11 is 0. The fourth-order valence-electron chi connectivity index (χ4n) is 7.70. The summed E-state index contributed by atoms with van der Waals surface area (Å²) in [7, 11) is 0. The molecule has 0 saturated heterocycles. The number of aryl methyl sites for hydroxylation is 1. The fourth-order valence-corrected chi connectivity index (χ4v) is 7.70. The number of fused-ring (bicyclic) bond motifs is 3. The Labute approximate surface area is 367 Å². The standard InChI is InChI=1S/C43H27N2O.C12H10N.Ir/c1-3-13-30(14-4-1)35-18-11-19-36(31-15-5-2-6-16-31)42(35)45-40-21-10-9-20-39(40)44-43(45)38-28-46-41-25-24-34(27-37(38)41)33-23-22-29-12-7-8-17-32(29)26-33;1-10-7-8-12(13-9-10)11-5-3-2-4-6-11;/h1-27H;2-5,7-9H,1H3;/q2*-1;/i;1D3;. The Morgan fingerprint density at radius 1 is 0.583 bits per heavy atom. The maximum Gasteiger partial charge on any atom is 0.0774 e. The second-order valence-corrected chi connectivity index (χ2v) is 14.3. The second kappa shape index (κ2) is 17.0. The van der Waals surface area contributed by atoms with Gasteiger partial charge in [0, 0.05) is 53.4 Å². The molecule has 0 atom stereocenters. The molecule has 0 amide bonds. The summed E-state index contributed by atoms with van der Waals surface area (Å²) < 4.78 is 30.1. The van der Waals surface area contributed by atoms with Gasteiger partial charge in [-0.15, -0.1) is 35.9 Å². The Balaban J connectivity index is 0.000000251. The number of nitrogens with zero attached hydrogens (tertiary/aromatic N) is 3. The molecule has 0 spiro atoms. The van der Waals surface area contributed by atoms with Crippen LogP contribution in [0, 0.1) is 19.2 Å². The molecule has 289 valence electrons. The van der Waals surface area contributed by atoms with E-state index in [9.17, 15) is 0 Å². The molecule has 3 aromatic heterocycles. The molecular weight excluding hydrogens is 911 g/mol. The van der Waals surface area contributed by atoms with E-state index in [2.05, 4.69) is 174 Å². The number of rotatable bonds is 6. The summed E-state index contributed by atoms with van der Waals surface area (Å²) in [5.41, 5.74) is 13.2. The van der Waals surface area contributed by atoms with Gasteiger partial charge >= 0.3 is 0 Å². The molecular formula is C55H37IrN3O-2. The molecule has 0 aliphatic carbocycles. The van der Waals surface area contributed by atoms with Crippen molar-refractivity contribution in [2.75, 3.05) is 0 Å². The van der Waals surface area contributed by atoms with Crippen LogP contribution < -0.4 is 0 Å². The van der Waals surface area contributed by atoms with Crippen LogP contribution >= 0.6 is 0 Å². The Hall–Kier alpha value is -7.17. The molecule has 0 aliphatic rings. The minimum Gasteiger partial charge on any atom is -0.557 e. The molecule has 8 aromatic carbocycles. The third-order valence-electron chi connectivity index (χ3n) is 10.6. The van der Waals surface area contributed by atoms with Crippen molar-refractivity contribution in [3.8, 4) is 61.7 Å². The molecule has 0 saturated carbocycles. The molecule has 3 heterocycles. The van der Waals surface area contributed by atoms with E-state index in [1.165, 1.54) is 17.0 Å². The predicted molar refractivity (Wildman–Crippen MR) is 242 cm³/mol. The minimum absolute atomic E-state index is 0. The third-order valence-corrected chi connectivity index (χ3v) is 10.6. The zero-order chi connectivity index (χ0) is 42.0. The first-order chi connectivity index (χ1) is 30.4. The van der Waals surface area contributed by atoms with Crippen LogP contribution in [-0.4, -0.2) is 14.5 Å². The van der Waals surface area contributed by atoms with Gasteiger partial charge in [0.05, 0.1) is 22.5 Å². The Morgan fingerprint density at radius 3 is 1.98 bits per heavy atom. The summed E-state index contributed by atoms with van der Waals surface area (Å²) in [4.78, 5) is 9.39. The van der Waals surface area contributed by atoms with Gasteiger partial charge < -0.3 is 14.0 Å². The van der Waals surface area contributed by atoms with Crippen LogP contribution in [0.1, 0.15) is 9.68 Å². The van der Waals surface area contributed by atoms with E-state index in [-0.39, 0.29) is 25.7 Å². The van der Waals surface area contributed by atoms with E-state index in [1.807, 2.05) is 30.3 Å². The second-order valence-electron chi connectivity index (χ2n) is 14.3. The predicted octanol–water partition coefficient (Wildman–Crippen LogP) is 14.2. The van der Waals surface area contributed by atoms with Gasteiger partial charge in [-0.3, -0.25) is 4.98 Å². The van der Waals surface area contributed by atoms with Crippen LogP contribution in [0.15, 0.2) is 211 Å². The smallest absolute Gasteiger partial charge is 0.0774 e. The number of pyridine rings is 1. The molecule has 4 nitrogen and oxygen atoms in total. The third kappa shape index (κ3) is 7.49. The molecule has 5 heteroatoms. The van der Waals surface area contributed by atoms with Crippen molar-refractivity contribution in [2.45, 2.75) is 6.85 Å². The molecule has 11 rings (SSSR count). The Morgan fingerprint density at radius 2 is 1.27 bits per heavy atom. The first-order valence-corrected chi connectivity index (χ1v) is 19.5. The van der Waals surface area contributed by atoms with Gasteiger partial charge in [-0.2, -0.15) is 0 Å². The van der Waals surface area contributed by atoms with Crippen molar-refractivity contribution in [1.29, 1.82) is 0 Å². The van der Waals surface area contributed by atoms with Gasteiger partial charge in [0.2, 0.25) is 0 Å². The summed E-state index contributed by atoms with van der Waals surface area (Å²) in [5, 5.41) is 3.41. The number of imidazole rings is 1. The van der Waals surface area contributed by atoms with E-state index < -0.39 is 6.85 Å². The van der Waals surface area contributed by atoms with Crippen molar-refractivity contribution in [1.82, 2.24) is 14.5 Å². The van der Waals surface area contributed by atoms with E-state index >= 15 is 0 Å². The van der Waals surface area contributed by atoms with Crippen molar-refractivity contribution in [2.24, 2.45) is 0 Å². The monoisotopic (exact) mass is 951 g/mol. The molecule has 0 unspecified atom stereocenters. The zero-order valence-corrected chi connectivity index (χ0v) is 34.6. The molecule has 1 radical (unpaired) electrons. The normalized spacial score (nSPS) is 11.9. The van der Waals surface area contributed by atoms with Crippen molar-refractivity contribution >= 4 is 32.8 Å². The summed E-state index contributed by atoms with van der Waals surface area (Å²) in [6.07, 6.45) is 4.66. The minimum atomic E-state index is -2.09. The summed E-state index contributed by atoms with van der Waals surface area (Å²) in [6.45, 7) is -2.09. The first kappa shape index (κ1) is 34.8. The van der Waals surface area contributed by atoms with Crippen LogP contribution in [0.25, 0.3) is 94.5 Å². The molecule has 11 aromatic rings. The maximum absolute atomic E-state index is 7.23. The average Bonchev–Trinajstić information content (AvgIpc) is 3.93. The van der Waals surface area contributed by atoms with Crippen LogP contribution in [0.3, 0.4) is 0 Å². The van der Waals surface area contributed by atoms with Crippen LogP contribution in [0.4, 0.5) is 0 Å². The van der Waals surface area contributed by atoms with E-state index in [0.29, 0.717) is 0 Å². The molecule has 0 aliphatic heterocycles. The van der Waals surface area contributed by atoms with Crippen LogP contribution in [-0.2, 0) is 20.1 Å². The van der Waals surface area contributed by atoms with Crippen LogP contribution in [0.5, 0.6) is 0 Å². The van der Waals surface area contributed by atoms with Crippen molar-refractivity contribution in [3.05, 3.63) is 224 Å². The number of hydrogen-bond acceptors (Lipinski definition) is 3. The maximum atomic E-state index is 7.23. The Kier molecular flexibility index (Phi) is 9.85. The molecule has 0 bridgehead atoms. The summed E-state index contributed by atoms with van der Waals surface area (Å²) in [5.74, 6) is 0.788. The van der Waals surface area contributed by atoms with Gasteiger partial charge in [0.15, 0.2) is 0 Å². The molecule has 0 fully saturated rings. The first-order valence-electron chi connectivity index (χ1n) is 21.0. The molecule has 0 N–H and O–H groups in total. The average molecular weight is 951 g/mol. The number of para-hydroxylation sites is 3. The van der Waals surface area contributed by atoms with Crippen molar-refractivity contribution < 1.29 is 28.6 Å². The van der Waals surface area contributed by atoms with Gasteiger partial charge in [-0.1, -0.05) is 169 Å². The van der Waals surface area contributed by atoms with Crippen LogP contribution in [0.2, 0.25) is 0 Å². The largest absolute Gasteiger partial charge is 0.557 e. The van der Waals surface area contributed by atoms with E-state index in [1.54, 1.807) is 18.2 Å². The zero-order valence-electron chi connectivity index (χ0n) is 35.2. The van der Waals surface area contributed by atoms with E-state index in [4.69, 9.17) is 13.5 Å². The topological polar surface area (TPSA) is 43.9 Å². The van der Waals surface area contributed by atoms with Gasteiger partial charge in [0.1, 0.15) is 0 Å². The SMILES string of the molecule is [2H]C([2H])([2H])c1ccc(-c2[c-]cccc2)nc1.[Ir].[c-]1oc2ccc(-c3ccc4ccccc4c3)cc2c1-c1nc2ccccc2n1-c1c(-c2ccccc2)cccc1-c1ccccc1. The number of benzene rings is 8. The summed E-state index contributed by atoms with van der Waals surface area (Å²) in [6, 6.07) is 71.2.